The molecule has 1 rings (SSSR count). The molecule has 0 radical (unpaired) electrons. The summed E-state index contributed by atoms with van der Waals surface area (Å²) in [6.07, 6.45) is 0.398. The maximum atomic E-state index is 5.36. The van der Waals surface area contributed by atoms with Crippen molar-refractivity contribution < 1.29 is 13.9 Å². The molecule has 3 nitrogen and oxygen atoms in total. The number of ether oxygens (including phenoxy) is 2. The maximum absolute atomic E-state index is 5.36. The molecule has 0 bridgehead atoms. The predicted molar refractivity (Wildman–Crippen MR) is 45.4 cm³/mol. The van der Waals surface area contributed by atoms with Crippen LogP contribution in [0.5, 0.6) is 0 Å². The fourth-order valence-corrected chi connectivity index (χ4v) is 1.48. The predicted octanol–water partition coefficient (Wildman–Crippen LogP) is 0.402. The lowest BCUT2D eigenvalue weighted by molar-refractivity contribution is 0.126. The lowest BCUT2D eigenvalue weighted by Crippen LogP contribution is -2.14. The molecule has 0 N–H and O–H groups in total. The number of epoxide rings is 1. The van der Waals surface area contributed by atoms with Crippen LogP contribution in [-0.4, -0.2) is 42.1 Å². The molecule has 11 heavy (non-hydrogen) atoms. The monoisotopic (exact) mass is 176 g/mol. The Hall–Kier alpha value is 0.0969. The molecule has 1 saturated heterocycles. The van der Waals surface area contributed by atoms with Crippen LogP contribution in [0, 0.1) is 0 Å². The van der Waals surface area contributed by atoms with Gasteiger partial charge in [-0.15, -0.1) is 0 Å². The minimum Gasteiger partial charge on any atom is -0.423 e. The Morgan fingerprint density at radius 2 is 2.36 bits per heavy atom. The first kappa shape index (κ1) is 9.19. The van der Waals surface area contributed by atoms with Gasteiger partial charge in [-0.05, 0) is 12.6 Å². The summed E-state index contributed by atoms with van der Waals surface area (Å²) in [7, 11) is 0.889. The minimum atomic E-state index is -0.890. The SMILES string of the molecule is CO[SiH](C)CCOCC1CO1. The Morgan fingerprint density at radius 3 is 2.91 bits per heavy atom. The highest BCUT2D eigenvalue weighted by Crippen LogP contribution is 2.08. The average Bonchev–Trinajstić information content (AvgIpc) is 2.81. The van der Waals surface area contributed by atoms with E-state index in [0.29, 0.717) is 6.10 Å². The molecular weight excluding hydrogens is 160 g/mol. The third kappa shape index (κ3) is 4.52. The molecule has 2 unspecified atom stereocenters. The van der Waals surface area contributed by atoms with Gasteiger partial charge in [0.2, 0.25) is 0 Å². The zero-order valence-corrected chi connectivity index (χ0v) is 8.36. The maximum Gasteiger partial charge on any atom is 0.175 e. The number of rotatable bonds is 6. The van der Waals surface area contributed by atoms with Crippen LogP contribution in [0.4, 0.5) is 0 Å². The second-order valence-corrected chi connectivity index (χ2v) is 5.54. The van der Waals surface area contributed by atoms with Gasteiger partial charge < -0.3 is 13.9 Å². The van der Waals surface area contributed by atoms with Crippen LogP contribution in [0.25, 0.3) is 0 Å². The quantitative estimate of drug-likeness (QED) is 0.333. The van der Waals surface area contributed by atoms with E-state index in [-0.39, 0.29) is 0 Å². The largest absolute Gasteiger partial charge is 0.423 e. The van der Waals surface area contributed by atoms with E-state index >= 15 is 0 Å². The highest BCUT2D eigenvalue weighted by Gasteiger charge is 2.22. The van der Waals surface area contributed by atoms with Crippen LogP contribution >= 0.6 is 0 Å². The van der Waals surface area contributed by atoms with Gasteiger partial charge in [0, 0.05) is 13.7 Å². The minimum absolute atomic E-state index is 0.398. The second kappa shape index (κ2) is 4.87. The van der Waals surface area contributed by atoms with Crippen LogP contribution < -0.4 is 0 Å². The molecular formula is C7H16O3Si. The van der Waals surface area contributed by atoms with Gasteiger partial charge in [-0.1, -0.05) is 0 Å². The number of hydrogen-bond acceptors (Lipinski definition) is 3. The topological polar surface area (TPSA) is 31.0 Å². The van der Waals surface area contributed by atoms with Crippen molar-refractivity contribution in [3.8, 4) is 0 Å². The van der Waals surface area contributed by atoms with Gasteiger partial charge >= 0.3 is 0 Å². The van der Waals surface area contributed by atoms with Crippen LogP contribution in [0.3, 0.4) is 0 Å². The van der Waals surface area contributed by atoms with Gasteiger partial charge in [0.25, 0.3) is 0 Å². The normalized spacial score (nSPS) is 25.1. The third-order valence-corrected chi connectivity index (χ3v) is 3.63. The van der Waals surface area contributed by atoms with Gasteiger partial charge in [0.1, 0.15) is 6.10 Å². The summed E-state index contributed by atoms with van der Waals surface area (Å²) in [6, 6.07) is 1.10. The smallest absolute Gasteiger partial charge is 0.175 e. The fraction of sp³-hybridized carbons (Fsp3) is 1.00. The van der Waals surface area contributed by atoms with E-state index in [0.717, 1.165) is 25.9 Å². The first-order valence-corrected chi connectivity index (χ1v) is 6.49. The summed E-state index contributed by atoms with van der Waals surface area (Å²) in [5.74, 6) is 0. The first-order chi connectivity index (χ1) is 5.33. The summed E-state index contributed by atoms with van der Waals surface area (Å²) >= 11 is 0. The van der Waals surface area contributed by atoms with Gasteiger partial charge in [0.05, 0.1) is 13.2 Å². The summed E-state index contributed by atoms with van der Waals surface area (Å²) in [6.45, 7) is 4.67. The molecule has 0 aromatic carbocycles. The van der Waals surface area contributed by atoms with Crippen molar-refractivity contribution in [2.75, 3.05) is 26.9 Å². The zero-order chi connectivity index (χ0) is 8.10. The summed E-state index contributed by atoms with van der Waals surface area (Å²) in [4.78, 5) is 0. The van der Waals surface area contributed by atoms with Crippen LogP contribution in [0.1, 0.15) is 0 Å². The molecule has 66 valence electrons. The molecule has 0 saturated carbocycles. The average molecular weight is 176 g/mol. The molecule has 1 aliphatic rings. The Labute approximate surface area is 69.4 Å². The van der Waals surface area contributed by atoms with E-state index in [9.17, 15) is 0 Å². The van der Waals surface area contributed by atoms with Crippen LogP contribution in [0.15, 0.2) is 0 Å². The molecule has 1 aliphatic heterocycles. The second-order valence-electron chi connectivity index (χ2n) is 2.87. The molecule has 1 heterocycles. The molecule has 1 fully saturated rings. The third-order valence-electron chi connectivity index (χ3n) is 1.78. The van der Waals surface area contributed by atoms with E-state index in [1.165, 1.54) is 0 Å². The summed E-state index contributed by atoms with van der Waals surface area (Å²) in [5.41, 5.74) is 0. The van der Waals surface area contributed by atoms with Crippen molar-refractivity contribution >= 4 is 9.04 Å². The Kier molecular flexibility index (Phi) is 4.07. The molecule has 0 aromatic heterocycles. The molecule has 0 aromatic rings. The van der Waals surface area contributed by atoms with Gasteiger partial charge in [0.15, 0.2) is 9.04 Å². The van der Waals surface area contributed by atoms with Crippen LogP contribution in [0.2, 0.25) is 12.6 Å². The van der Waals surface area contributed by atoms with Crippen molar-refractivity contribution in [2.45, 2.75) is 18.7 Å². The lowest BCUT2D eigenvalue weighted by atomic mass is 10.5. The van der Waals surface area contributed by atoms with E-state index in [4.69, 9.17) is 13.9 Å². The van der Waals surface area contributed by atoms with E-state index in [1.807, 2.05) is 0 Å². The van der Waals surface area contributed by atoms with E-state index in [1.54, 1.807) is 7.11 Å². The van der Waals surface area contributed by atoms with Crippen molar-refractivity contribution in [3.63, 3.8) is 0 Å². The Bertz CT molecular complexity index is 106. The highest BCUT2D eigenvalue weighted by molar-refractivity contribution is 6.50. The fourth-order valence-electron chi connectivity index (χ4n) is 0.746. The van der Waals surface area contributed by atoms with Crippen molar-refractivity contribution in [2.24, 2.45) is 0 Å². The molecule has 4 heteroatoms. The van der Waals surface area contributed by atoms with E-state index < -0.39 is 9.04 Å². The summed E-state index contributed by atoms with van der Waals surface area (Å²) in [5, 5.41) is 0. The zero-order valence-electron chi connectivity index (χ0n) is 7.21. The van der Waals surface area contributed by atoms with Crippen molar-refractivity contribution in [1.82, 2.24) is 0 Å². The first-order valence-electron chi connectivity index (χ1n) is 4.05. The Morgan fingerprint density at radius 1 is 1.64 bits per heavy atom. The molecule has 0 aliphatic carbocycles. The lowest BCUT2D eigenvalue weighted by Gasteiger charge is -2.06. The van der Waals surface area contributed by atoms with Gasteiger partial charge in [-0.25, -0.2) is 0 Å². The highest BCUT2D eigenvalue weighted by atomic mass is 28.3. The van der Waals surface area contributed by atoms with Gasteiger partial charge in [-0.3, -0.25) is 0 Å². The molecule has 2 atom stereocenters. The van der Waals surface area contributed by atoms with Crippen LogP contribution in [-0.2, 0) is 13.9 Å². The number of hydrogen-bond donors (Lipinski definition) is 0. The standard InChI is InChI=1S/C7H16O3Si/c1-8-11(2)4-3-9-5-7-6-10-7/h7,11H,3-6H2,1-2H3. The molecule has 0 amide bonds. The summed E-state index contributed by atoms with van der Waals surface area (Å²) < 4.78 is 15.6. The van der Waals surface area contributed by atoms with Crippen molar-refractivity contribution in [3.05, 3.63) is 0 Å². The van der Waals surface area contributed by atoms with E-state index in [2.05, 4.69) is 6.55 Å². The van der Waals surface area contributed by atoms with Gasteiger partial charge in [-0.2, -0.15) is 0 Å². The van der Waals surface area contributed by atoms with Crippen molar-refractivity contribution in [1.29, 1.82) is 0 Å². The Balaban J connectivity index is 1.79. The molecule has 0 spiro atoms.